The molecule has 1 heterocycles. The highest BCUT2D eigenvalue weighted by Gasteiger charge is 2.53. The molecular weight excluding hydrogens is 286 g/mol. The molecule has 4 heteroatoms. The molecule has 2 aromatic carbocycles. The van der Waals surface area contributed by atoms with Crippen molar-refractivity contribution in [2.75, 3.05) is 7.05 Å². The van der Waals surface area contributed by atoms with Crippen molar-refractivity contribution in [3.05, 3.63) is 66.2 Å². The summed E-state index contributed by atoms with van der Waals surface area (Å²) in [5, 5.41) is 1.11. The molecule has 104 valence electrons. The molecule has 3 rings (SSSR count). The van der Waals surface area contributed by atoms with Crippen LogP contribution in [0.3, 0.4) is 0 Å². The number of rotatable bonds is 2. The topological polar surface area (TPSA) is 12.5 Å². The lowest BCUT2D eigenvalue weighted by Gasteiger charge is -2.26. The van der Waals surface area contributed by atoms with E-state index in [0.717, 1.165) is 5.19 Å². The molecule has 0 bridgehead atoms. The number of hydrogen-bond acceptors (Lipinski definition) is 2. The second kappa shape index (κ2) is 5.33. The van der Waals surface area contributed by atoms with Crippen LogP contribution in [0.5, 0.6) is 0 Å². The molecule has 0 saturated carbocycles. The number of hydrogen-bond donors (Lipinski definition) is 0. The molecule has 0 aromatic heterocycles. The number of halogens is 1. The molecule has 0 N–H and O–H groups in total. The van der Waals surface area contributed by atoms with E-state index in [-0.39, 0.29) is 12.1 Å². The van der Waals surface area contributed by atoms with Gasteiger partial charge in [0.15, 0.2) is 0 Å². The maximum atomic E-state index is 6.93. The molecule has 1 fully saturated rings. The third kappa shape index (κ3) is 2.21. The number of benzene rings is 2. The summed E-state index contributed by atoms with van der Waals surface area (Å²) in [6.07, 6.45) is 0.0329. The number of nitrogens with zero attached hydrogens (tertiary/aromatic N) is 1. The molecule has 1 unspecified atom stereocenters. The Kier molecular flexibility index (Phi) is 3.69. The average molecular weight is 304 g/mol. The van der Waals surface area contributed by atoms with Crippen LogP contribution in [-0.4, -0.2) is 25.4 Å². The molecule has 1 aliphatic rings. The molecule has 1 saturated heterocycles. The van der Waals surface area contributed by atoms with E-state index >= 15 is 0 Å². The quantitative estimate of drug-likeness (QED) is 0.624. The first-order chi connectivity index (χ1) is 9.63. The fourth-order valence-electron chi connectivity index (χ4n) is 2.72. The summed E-state index contributed by atoms with van der Waals surface area (Å²) < 4.78 is 8.60. The van der Waals surface area contributed by atoms with Crippen molar-refractivity contribution < 1.29 is 4.43 Å². The van der Waals surface area contributed by atoms with Gasteiger partial charge in [0.2, 0.25) is 0 Å². The van der Waals surface area contributed by atoms with Gasteiger partial charge >= 0.3 is 7.79 Å². The zero-order valence-corrected chi connectivity index (χ0v) is 13.4. The fraction of sp³-hybridized carbons (Fsp3) is 0.250. The van der Waals surface area contributed by atoms with E-state index in [2.05, 4.69) is 42.8 Å². The zero-order chi connectivity index (χ0) is 14.2. The van der Waals surface area contributed by atoms with Crippen LogP contribution in [0.15, 0.2) is 60.7 Å². The summed E-state index contributed by atoms with van der Waals surface area (Å²) in [5.41, 5.74) is 1.19. The van der Waals surface area contributed by atoms with Gasteiger partial charge in [0, 0.05) is 6.04 Å². The van der Waals surface area contributed by atoms with Gasteiger partial charge in [0.1, 0.15) is 0 Å². The summed E-state index contributed by atoms with van der Waals surface area (Å²) in [6.45, 7) is 2.18. The van der Waals surface area contributed by atoms with Crippen LogP contribution in [0.4, 0.5) is 0 Å². The molecule has 0 spiro atoms. The van der Waals surface area contributed by atoms with Crippen LogP contribution in [0.25, 0.3) is 0 Å². The van der Waals surface area contributed by atoms with Gasteiger partial charge in [-0.2, -0.15) is 0 Å². The van der Waals surface area contributed by atoms with Crippen LogP contribution in [-0.2, 0) is 4.43 Å². The van der Waals surface area contributed by atoms with Crippen molar-refractivity contribution >= 4 is 24.1 Å². The summed E-state index contributed by atoms with van der Waals surface area (Å²) in [5.74, 6) is 0. The van der Waals surface area contributed by atoms with Gasteiger partial charge in [-0.3, -0.25) is 4.57 Å². The van der Waals surface area contributed by atoms with E-state index in [9.17, 15) is 0 Å². The maximum Gasteiger partial charge on any atom is 0.408 e. The molecule has 3 atom stereocenters. The van der Waals surface area contributed by atoms with Crippen molar-refractivity contribution in [3.8, 4) is 0 Å². The van der Waals surface area contributed by atoms with Gasteiger partial charge in [-0.25, -0.2) is 0 Å². The minimum absolute atomic E-state index is 0.0329. The van der Waals surface area contributed by atoms with E-state index in [1.165, 1.54) is 5.56 Å². The minimum atomic E-state index is -2.57. The lowest BCUT2D eigenvalue weighted by molar-refractivity contribution is 0.209. The highest BCUT2D eigenvalue weighted by molar-refractivity contribution is 7.22. The monoisotopic (exact) mass is 303 g/mol. The molecule has 0 aliphatic carbocycles. The summed E-state index contributed by atoms with van der Waals surface area (Å²) >= 11 is 6.93. The maximum absolute atomic E-state index is 6.93. The van der Waals surface area contributed by atoms with Crippen molar-refractivity contribution in [2.45, 2.75) is 19.1 Å². The Morgan fingerprint density at radius 1 is 1.00 bits per heavy atom. The third-order valence-electron chi connectivity index (χ3n) is 4.04. The van der Waals surface area contributed by atoms with Gasteiger partial charge in [0.05, 0.1) is 6.10 Å². The lowest BCUT2D eigenvalue weighted by atomic mass is 10.0. The minimum Gasteiger partial charge on any atom is -0.380 e. The molecule has 20 heavy (non-hydrogen) atoms. The van der Waals surface area contributed by atoms with Gasteiger partial charge < -0.3 is 4.43 Å². The molecule has 0 amide bonds. The van der Waals surface area contributed by atoms with Crippen molar-refractivity contribution in [2.24, 2.45) is 0 Å². The van der Waals surface area contributed by atoms with Crippen LogP contribution >= 0.6 is 11.1 Å². The van der Waals surface area contributed by atoms with E-state index in [1.54, 1.807) is 0 Å². The molecule has 2 aromatic rings. The van der Waals surface area contributed by atoms with E-state index in [0.29, 0.717) is 0 Å². The summed E-state index contributed by atoms with van der Waals surface area (Å²) in [7, 11) is -0.500. The molecule has 0 radical (unpaired) electrons. The largest absolute Gasteiger partial charge is 0.408 e. The highest BCUT2D eigenvalue weighted by atomic mass is 35.6. The van der Waals surface area contributed by atoms with Gasteiger partial charge in [-0.15, -0.1) is 11.1 Å². The smallest absolute Gasteiger partial charge is 0.380 e. The fourth-order valence-corrected chi connectivity index (χ4v) is 6.49. The predicted molar refractivity (Wildman–Crippen MR) is 85.2 cm³/mol. The average Bonchev–Trinajstić information content (AvgIpc) is 2.75. The van der Waals surface area contributed by atoms with E-state index in [4.69, 9.17) is 15.5 Å². The van der Waals surface area contributed by atoms with Crippen molar-refractivity contribution in [1.82, 2.24) is 4.57 Å². The third-order valence-corrected chi connectivity index (χ3v) is 8.69. The summed E-state index contributed by atoms with van der Waals surface area (Å²) in [4.78, 5) is 0. The Labute approximate surface area is 125 Å². The highest BCUT2D eigenvalue weighted by Crippen LogP contribution is 2.38. The lowest BCUT2D eigenvalue weighted by Crippen LogP contribution is -2.55. The van der Waals surface area contributed by atoms with Gasteiger partial charge in [0.25, 0.3) is 0 Å². The van der Waals surface area contributed by atoms with Crippen LogP contribution in [0.2, 0.25) is 0 Å². The predicted octanol–water partition coefficient (Wildman–Crippen LogP) is 3.16. The van der Waals surface area contributed by atoms with Gasteiger partial charge in [-0.1, -0.05) is 60.7 Å². The SMILES string of the molecule is C[C@@H]1[C@@H](c2ccccc2)O[Si](Cl)(c2ccccc2)N1C. The standard InChI is InChI=1S/C16H18ClNOSi/c1-13-16(14-9-5-3-6-10-14)19-20(17,18(13)2)15-11-7-4-8-12-15/h3-13,16H,1-2H3/t13-,16+,20?/m1/s1. The Morgan fingerprint density at radius 3 is 2.15 bits per heavy atom. The zero-order valence-electron chi connectivity index (χ0n) is 11.7. The number of likely N-dealkylation sites (N-methyl/N-ethyl adjacent to an activating group) is 1. The Hall–Kier alpha value is -1.13. The first-order valence-electron chi connectivity index (χ1n) is 6.83. The Bertz CT molecular complexity index is 580. The van der Waals surface area contributed by atoms with Crippen molar-refractivity contribution in [3.63, 3.8) is 0 Å². The van der Waals surface area contributed by atoms with E-state index in [1.807, 2.05) is 36.4 Å². The molecule has 2 nitrogen and oxygen atoms in total. The molecular formula is C16H18ClNOSi. The van der Waals surface area contributed by atoms with Crippen LogP contribution in [0.1, 0.15) is 18.6 Å². The van der Waals surface area contributed by atoms with Crippen LogP contribution in [0, 0.1) is 0 Å². The van der Waals surface area contributed by atoms with Crippen LogP contribution < -0.4 is 5.19 Å². The second-order valence-electron chi connectivity index (χ2n) is 5.23. The first-order valence-corrected chi connectivity index (χ1v) is 9.70. The van der Waals surface area contributed by atoms with E-state index < -0.39 is 7.79 Å². The Morgan fingerprint density at radius 2 is 1.55 bits per heavy atom. The molecule has 1 aliphatic heterocycles. The normalized spacial score (nSPS) is 30.6. The Balaban J connectivity index is 1.97. The van der Waals surface area contributed by atoms with Crippen molar-refractivity contribution in [1.29, 1.82) is 0 Å². The summed E-state index contributed by atoms with van der Waals surface area (Å²) in [6, 6.07) is 20.8. The van der Waals surface area contributed by atoms with Gasteiger partial charge in [-0.05, 0) is 24.7 Å². The second-order valence-corrected chi connectivity index (χ2v) is 9.41. The first kappa shape index (κ1) is 13.8.